The average molecular weight is 274 g/mol. The molecule has 0 aromatic carbocycles. The number of rotatable bonds is 6. The van der Waals surface area contributed by atoms with Crippen molar-refractivity contribution in [2.24, 2.45) is 5.73 Å². The van der Waals surface area contributed by atoms with E-state index in [-0.39, 0.29) is 12.1 Å². The first-order chi connectivity index (χ1) is 8.43. The van der Waals surface area contributed by atoms with Gasteiger partial charge in [-0.25, -0.2) is 0 Å². The van der Waals surface area contributed by atoms with Crippen LogP contribution in [0.25, 0.3) is 0 Å². The molecule has 1 rings (SSSR count). The summed E-state index contributed by atoms with van der Waals surface area (Å²) in [5.74, 6) is 0. The normalized spacial score (nSPS) is 14.2. The van der Waals surface area contributed by atoms with Gasteiger partial charge in [0.05, 0.1) is 28.6 Å². The van der Waals surface area contributed by atoms with E-state index in [1.165, 1.54) is 0 Å². The van der Waals surface area contributed by atoms with Crippen LogP contribution in [0.2, 0.25) is 5.02 Å². The van der Waals surface area contributed by atoms with Crippen LogP contribution in [0.3, 0.4) is 0 Å². The van der Waals surface area contributed by atoms with Crippen LogP contribution in [-0.2, 0) is 4.74 Å². The van der Waals surface area contributed by atoms with Crippen molar-refractivity contribution in [3.63, 3.8) is 0 Å². The number of methoxy groups -OCH3 is 1. The Morgan fingerprint density at radius 1 is 1.44 bits per heavy atom. The van der Waals surface area contributed by atoms with Gasteiger partial charge >= 0.3 is 0 Å². The van der Waals surface area contributed by atoms with Gasteiger partial charge in [0.15, 0.2) is 0 Å². The smallest absolute Gasteiger partial charge is 0.0881 e. The van der Waals surface area contributed by atoms with Crippen LogP contribution in [0.4, 0.5) is 0 Å². The summed E-state index contributed by atoms with van der Waals surface area (Å²) in [6, 6.07) is -0.0586. The monoisotopic (exact) mass is 273 g/mol. The van der Waals surface area contributed by atoms with Gasteiger partial charge in [0.2, 0.25) is 0 Å². The van der Waals surface area contributed by atoms with Crippen LogP contribution in [-0.4, -0.2) is 22.5 Å². The Morgan fingerprint density at radius 3 is 2.39 bits per heavy atom. The molecule has 4 nitrogen and oxygen atoms in total. The molecule has 0 radical (unpaired) electrons. The van der Waals surface area contributed by atoms with Crippen LogP contribution in [0.15, 0.2) is 6.20 Å². The Morgan fingerprint density at radius 2 is 2.00 bits per heavy atom. The third-order valence-corrected chi connectivity index (χ3v) is 4.03. The minimum atomic E-state index is -0.393. The SMILES string of the molecule is CCC(CC)(OC)C(N)c1c(Cl)cnn1C(C)C. The Labute approximate surface area is 114 Å². The van der Waals surface area contributed by atoms with Crippen LogP contribution in [0, 0.1) is 0 Å². The summed E-state index contributed by atoms with van der Waals surface area (Å²) in [5.41, 5.74) is 6.89. The molecule has 1 atom stereocenters. The lowest BCUT2D eigenvalue weighted by Gasteiger charge is -2.36. The van der Waals surface area contributed by atoms with E-state index in [1.807, 2.05) is 4.68 Å². The van der Waals surface area contributed by atoms with Crippen molar-refractivity contribution in [1.82, 2.24) is 9.78 Å². The van der Waals surface area contributed by atoms with Crippen molar-refractivity contribution >= 4 is 11.6 Å². The van der Waals surface area contributed by atoms with E-state index >= 15 is 0 Å². The summed E-state index contributed by atoms with van der Waals surface area (Å²) < 4.78 is 7.57. The van der Waals surface area contributed by atoms with E-state index in [1.54, 1.807) is 13.3 Å². The molecule has 0 saturated heterocycles. The van der Waals surface area contributed by atoms with E-state index in [0.717, 1.165) is 18.5 Å². The highest BCUT2D eigenvalue weighted by Gasteiger charge is 2.37. The van der Waals surface area contributed by atoms with Crippen LogP contribution >= 0.6 is 11.6 Å². The Balaban J connectivity index is 3.24. The van der Waals surface area contributed by atoms with Gasteiger partial charge in [-0.1, -0.05) is 25.4 Å². The topological polar surface area (TPSA) is 53.1 Å². The number of halogens is 1. The largest absolute Gasteiger partial charge is 0.376 e. The van der Waals surface area contributed by atoms with Gasteiger partial charge in [-0.15, -0.1) is 0 Å². The highest BCUT2D eigenvalue weighted by atomic mass is 35.5. The standard InChI is InChI=1S/C13H24ClN3O/c1-6-13(7-2,18-5)12(15)11-10(14)8-16-17(11)9(3)4/h8-9,12H,6-7,15H2,1-5H3. The van der Waals surface area contributed by atoms with Crippen molar-refractivity contribution in [2.75, 3.05) is 7.11 Å². The number of hydrogen-bond acceptors (Lipinski definition) is 3. The predicted octanol–water partition coefficient (Wildman–Crippen LogP) is 3.32. The van der Waals surface area contributed by atoms with E-state index in [2.05, 4.69) is 32.8 Å². The fraction of sp³-hybridized carbons (Fsp3) is 0.769. The molecular weight excluding hydrogens is 250 g/mol. The van der Waals surface area contributed by atoms with E-state index in [4.69, 9.17) is 22.1 Å². The van der Waals surface area contributed by atoms with Gasteiger partial charge in [-0.2, -0.15) is 5.10 Å². The fourth-order valence-corrected chi connectivity index (χ4v) is 2.66. The maximum Gasteiger partial charge on any atom is 0.0881 e. The Bertz CT molecular complexity index is 377. The van der Waals surface area contributed by atoms with Gasteiger partial charge < -0.3 is 10.5 Å². The van der Waals surface area contributed by atoms with Crippen molar-refractivity contribution in [1.29, 1.82) is 0 Å². The van der Waals surface area contributed by atoms with Crippen LogP contribution in [0.1, 0.15) is 58.3 Å². The first kappa shape index (κ1) is 15.5. The van der Waals surface area contributed by atoms with Gasteiger partial charge in [-0.05, 0) is 26.7 Å². The summed E-state index contributed by atoms with van der Waals surface area (Å²) in [5, 5.41) is 4.91. The molecule has 1 heterocycles. The molecule has 1 aromatic rings. The molecule has 0 saturated carbocycles. The molecule has 0 aliphatic carbocycles. The number of nitrogens with two attached hydrogens (primary N) is 1. The first-order valence-corrected chi connectivity index (χ1v) is 6.84. The number of aromatic nitrogens is 2. The molecule has 104 valence electrons. The van der Waals surface area contributed by atoms with Crippen LogP contribution < -0.4 is 5.73 Å². The number of ether oxygens (including phenoxy) is 1. The second-order valence-corrected chi connectivity index (χ2v) is 5.28. The molecule has 0 aliphatic heterocycles. The zero-order valence-corrected chi connectivity index (χ0v) is 12.7. The van der Waals surface area contributed by atoms with Crippen LogP contribution in [0.5, 0.6) is 0 Å². The minimum absolute atomic E-state index is 0.224. The molecule has 0 amide bonds. The van der Waals surface area contributed by atoms with E-state index < -0.39 is 5.60 Å². The summed E-state index contributed by atoms with van der Waals surface area (Å²) >= 11 is 6.24. The van der Waals surface area contributed by atoms with Gasteiger partial charge in [-0.3, -0.25) is 4.68 Å². The zero-order valence-electron chi connectivity index (χ0n) is 11.9. The van der Waals surface area contributed by atoms with E-state index in [9.17, 15) is 0 Å². The van der Waals surface area contributed by atoms with Gasteiger partial charge in [0.25, 0.3) is 0 Å². The van der Waals surface area contributed by atoms with Crippen molar-refractivity contribution in [3.8, 4) is 0 Å². The molecule has 2 N–H and O–H groups in total. The molecule has 0 aliphatic rings. The third-order valence-electron chi connectivity index (χ3n) is 3.74. The molecular formula is C13H24ClN3O. The quantitative estimate of drug-likeness (QED) is 0.865. The molecule has 1 unspecified atom stereocenters. The lowest BCUT2D eigenvalue weighted by Crippen LogP contribution is -2.43. The summed E-state index contributed by atoms with van der Waals surface area (Å²) in [4.78, 5) is 0. The molecule has 0 spiro atoms. The molecule has 0 fully saturated rings. The minimum Gasteiger partial charge on any atom is -0.376 e. The third kappa shape index (κ3) is 2.56. The van der Waals surface area contributed by atoms with E-state index in [0.29, 0.717) is 5.02 Å². The second kappa shape index (κ2) is 6.04. The first-order valence-electron chi connectivity index (χ1n) is 6.47. The number of hydrogen-bond donors (Lipinski definition) is 1. The highest BCUT2D eigenvalue weighted by Crippen LogP contribution is 2.36. The van der Waals surface area contributed by atoms with Gasteiger partial charge in [0.1, 0.15) is 0 Å². The summed E-state index contributed by atoms with van der Waals surface area (Å²) in [6.45, 7) is 8.28. The zero-order chi connectivity index (χ0) is 13.9. The second-order valence-electron chi connectivity index (χ2n) is 4.87. The Hall–Kier alpha value is -0.580. The highest BCUT2D eigenvalue weighted by molar-refractivity contribution is 6.31. The predicted molar refractivity (Wildman–Crippen MR) is 74.9 cm³/mol. The fourth-order valence-electron chi connectivity index (χ4n) is 2.41. The lowest BCUT2D eigenvalue weighted by atomic mass is 9.86. The molecule has 1 aromatic heterocycles. The molecule has 18 heavy (non-hydrogen) atoms. The maximum absolute atomic E-state index is 6.42. The lowest BCUT2D eigenvalue weighted by molar-refractivity contribution is -0.0406. The number of nitrogens with zero attached hydrogens (tertiary/aromatic N) is 2. The van der Waals surface area contributed by atoms with Gasteiger partial charge in [0, 0.05) is 13.2 Å². The molecule has 0 bridgehead atoms. The maximum atomic E-state index is 6.42. The van der Waals surface area contributed by atoms with Crippen molar-refractivity contribution in [3.05, 3.63) is 16.9 Å². The average Bonchev–Trinajstić information content (AvgIpc) is 2.74. The van der Waals surface area contributed by atoms with Crippen molar-refractivity contribution < 1.29 is 4.74 Å². The Kier molecular flexibility index (Phi) is 5.20. The summed E-state index contributed by atoms with van der Waals surface area (Å²) in [6.07, 6.45) is 3.32. The summed E-state index contributed by atoms with van der Waals surface area (Å²) in [7, 11) is 1.71. The van der Waals surface area contributed by atoms with Crippen molar-refractivity contribution in [2.45, 2.75) is 58.2 Å². The molecule has 5 heteroatoms.